The molecule has 0 aliphatic rings. The molecule has 0 spiro atoms. The average Bonchev–Trinajstić information content (AvgIpc) is 3.01. The molecule has 4 aromatic rings. The van der Waals surface area contributed by atoms with Crippen molar-refractivity contribution in [3.05, 3.63) is 122 Å². The largest absolute Gasteiger partial charge is 0.377 e. The first kappa shape index (κ1) is 34.8. The molecule has 0 saturated heterocycles. The van der Waals surface area contributed by atoms with Gasteiger partial charge in [-0.3, -0.25) is 8.98 Å². The Kier molecular flexibility index (Phi) is 13.1. The summed E-state index contributed by atoms with van der Waals surface area (Å²) in [4.78, 5) is 13.2. The number of benzene rings is 4. The summed E-state index contributed by atoms with van der Waals surface area (Å²) >= 11 is 10.1. The van der Waals surface area contributed by atoms with E-state index in [1.807, 2.05) is 56.3 Å². The molecule has 0 aromatic heterocycles. The number of hydrogen-bond donors (Lipinski definition) is 1. The van der Waals surface area contributed by atoms with Crippen molar-refractivity contribution in [3.63, 3.8) is 0 Å². The van der Waals surface area contributed by atoms with Gasteiger partial charge in [0, 0.05) is 32.5 Å². The summed E-state index contributed by atoms with van der Waals surface area (Å²) in [6, 6.07) is 25.0. The molecule has 4 aromatic carbocycles. The van der Waals surface area contributed by atoms with Crippen LogP contribution in [0.25, 0.3) is 0 Å². The summed E-state index contributed by atoms with van der Waals surface area (Å²) in [5, 5.41) is 3.74. The predicted molar refractivity (Wildman–Crippen MR) is 179 cm³/mol. The Bertz CT molecular complexity index is 1700. The van der Waals surface area contributed by atoms with E-state index in [1.165, 1.54) is 12.1 Å². The van der Waals surface area contributed by atoms with Crippen molar-refractivity contribution in [2.45, 2.75) is 25.3 Å². The summed E-state index contributed by atoms with van der Waals surface area (Å²) in [5.74, 6) is -0.116. The Hall–Kier alpha value is -3.09. The van der Waals surface area contributed by atoms with E-state index in [-0.39, 0.29) is 23.9 Å². The highest BCUT2D eigenvalue weighted by Gasteiger charge is 2.16. The minimum Gasteiger partial charge on any atom is -0.377 e. The van der Waals surface area contributed by atoms with E-state index in [0.717, 1.165) is 32.5 Å². The van der Waals surface area contributed by atoms with Crippen molar-refractivity contribution >= 4 is 54.8 Å². The van der Waals surface area contributed by atoms with Gasteiger partial charge in [-0.15, -0.1) is 0 Å². The third-order valence-corrected chi connectivity index (χ3v) is 8.86. The number of ketones is 1. The van der Waals surface area contributed by atoms with Gasteiger partial charge in [-0.25, -0.2) is 0 Å². The second-order valence-electron chi connectivity index (χ2n) is 10.1. The average molecular weight is 717 g/mol. The van der Waals surface area contributed by atoms with E-state index in [4.69, 9.17) is 30.0 Å². The summed E-state index contributed by atoms with van der Waals surface area (Å²) < 4.78 is 47.1. The first-order valence-corrected chi connectivity index (χ1v) is 16.9. The van der Waals surface area contributed by atoms with Crippen molar-refractivity contribution in [2.24, 2.45) is 0 Å². The van der Waals surface area contributed by atoms with Gasteiger partial charge in [0.1, 0.15) is 0 Å². The Morgan fingerprint density at radius 1 is 0.778 bits per heavy atom. The van der Waals surface area contributed by atoms with Gasteiger partial charge in [-0.05, 0) is 67.9 Å². The lowest BCUT2D eigenvalue weighted by molar-refractivity contribution is 0.00635. The molecule has 0 saturated carbocycles. The highest BCUT2D eigenvalue weighted by atomic mass is 79.9. The lowest BCUT2D eigenvalue weighted by atomic mass is 9.99. The molecule has 238 valence electrons. The summed E-state index contributed by atoms with van der Waals surface area (Å²) in [6.07, 6.45) is 0. The molecule has 8 nitrogen and oxygen atoms in total. The molecular weight excluding hydrogens is 682 g/mol. The predicted octanol–water partition coefficient (Wildman–Crippen LogP) is 7.65. The van der Waals surface area contributed by atoms with Crippen LogP contribution in [0.4, 0.5) is 11.4 Å². The van der Waals surface area contributed by atoms with Gasteiger partial charge < -0.3 is 19.5 Å². The maximum atomic E-state index is 13.0. The first-order chi connectivity index (χ1) is 21.6. The maximum absolute atomic E-state index is 13.0. The number of carbonyl (C=O) groups excluding carboxylic acids is 1. The number of rotatable bonds is 17. The molecule has 0 fully saturated rings. The quantitative estimate of drug-likeness (QED) is 0.0676. The van der Waals surface area contributed by atoms with Crippen molar-refractivity contribution in [1.82, 2.24) is 0 Å². The second-order valence-corrected chi connectivity index (χ2v) is 13.1. The second kappa shape index (κ2) is 17.0. The number of nitrogens with one attached hydrogen (secondary N) is 1. The summed E-state index contributed by atoms with van der Waals surface area (Å²) in [6.45, 7) is 5.53. The van der Waals surface area contributed by atoms with Gasteiger partial charge >= 0.3 is 0 Å². The molecular formula is C34H35BrClNO7S. The van der Waals surface area contributed by atoms with E-state index in [0.29, 0.717) is 49.2 Å². The Balaban J connectivity index is 1.16. The minimum atomic E-state index is -3.80. The molecule has 11 heteroatoms. The van der Waals surface area contributed by atoms with Gasteiger partial charge in [0.2, 0.25) is 0 Å². The number of ether oxygens (including phenoxy) is 3. The third-order valence-electron chi connectivity index (χ3n) is 6.73. The van der Waals surface area contributed by atoms with Crippen LogP contribution in [-0.4, -0.2) is 53.8 Å². The Morgan fingerprint density at radius 2 is 1.44 bits per heavy atom. The SMILES string of the molecule is Cc1ccc(S(=O)(=O)OCCOCCOCCOCc2cc(Br)ccc2Nc2ccc(C(=O)c3ccccc3C)c(Cl)c2)cc1. The van der Waals surface area contributed by atoms with Crippen molar-refractivity contribution in [1.29, 1.82) is 0 Å². The number of hydrogen-bond acceptors (Lipinski definition) is 8. The van der Waals surface area contributed by atoms with E-state index in [1.54, 1.807) is 30.3 Å². The lowest BCUT2D eigenvalue weighted by Crippen LogP contribution is -2.14. The van der Waals surface area contributed by atoms with Crippen LogP contribution in [0.1, 0.15) is 32.6 Å². The van der Waals surface area contributed by atoms with Crippen LogP contribution < -0.4 is 5.32 Å². The van der Waals surface area contributed by atoms with Crippen LogP contribution in [-0.2, 0) is 35.1 Å². The van der Waals surface area contributed by atoms with Gasteiger partial charge in [0.05, 0.1) is 56.2 Å². The molecule has 0 radical (unpaired) electrons. The zero-order valence-electron chi connectivity index (χ0n) is 25.1. The molecule has 4 rings (SSSR count). The maximum Gasteiger partial charge on any atom is 0.297 e. The highest BCUT2D eigenvalue weighted by molar-refractivity contribution is 9.10. The molecule has 1 N–H and O–H groups in total. The first-order valence-electron chi connectivity index (χ1n) is 14.3. The van der Waals surface area contributed by atoms with Crippen LogP contribution in [0.2, 0.25) is 5.02 Å². The van der Waals surface area contributed by atoms with Crippen LogP contribution >= 0.6 is 27.5 Å². The normalized spacial score (nSPS) is 11.5. The molecule has 0 bridgehead atoms. The number of carbonyl (C=O) groups is 1. The van der Waals surface area contributed by atoms with Crippen LogP contribution in [0, 0.1) is 13.8 Å². The zero-order valence-corrected chi connectivity index (χ0v) is 28.2. The van der Waals surface area contributed by atoms with E-state index in [2.05, 4.69) is 21.2 Å². The van der Waals surface area contributed by atoms with E-state index >= 15 is 0 Å². The van der Waals surface area contributed by atoms with Crippen LogP contribution in [0.5, 0.6) is 0 Å². The van der Waals surface area contributed by atoms with E-state index < -0.39 is 10.1 Å². The highest BCUT2D eigenvalue weighted by Crippen LogP contribution is 2.29. The fourth-order valence-electron chi connectivity index (χ4n) is 4.31. The lowest BCUT2D eigenvalue weighted by Gasteiger charge is -2.15. The Labute approximate surface area is 277 Å². The van der Waals surface area contributed by atoms with Crippen molar-refractivity contribution in [2.75, 3.05) is 45.0 Å². The molecule has 0 amide bonds. The summed E-state index contributed by atoms with van der Waals surface area (Å²) in [7, 11) is -3.80. The number of halogens is 2. The van der Waals surface area contributed by atoms with Gasteiger partial charge in [0.25, 0.3) is 10.1 Å². The number of anilines is 2. The number of aryl methyl sites for hydroxylation is 2. The Morgan fingerprint density at radius 3 is 2.13 bits per heavy atom. The van der Waals surface area contributed by atoms with Crippen LogP contribution in [0.3, 0.4) is 0 Å². The van der Waals surface area contributed by atoms with Crippen LogP contribution in [0.15, 0.2) is 94.3 Å². The monoisotopic (exact) mass is 715 g/mol. The molecule has 0 atom stereocenters. The molecule has 0 unspecified atom stereocenters. The fourth-order valence-corrected chi connectivity index (χ4v) is 5.87. The standard InChI is InChI=1S/C34H35BrClNO7S/c1-24-7-11-29(12-8-24)45(39,40)44-20-19-42-16-15-41-17-18-43-23-26-21-27(35)9-14-33(26)37-28-10-13-31(32(36)22-28)34(38)30-6-4-3-5-25(30)2/h3-14,21-22,37H,15-20,23H2,1-2H3. The smallest absolute Gasteiger partial charge is 0.297 e. The summed E-state index contributed by atoms with van der Waals surface area (Å²) in [5.41, 5.74) is 5.44. The van der Waals surface area contributed by atoms with Gasteiger partial charge in [-0.2, -0.15) is 8.42 Å². The molecule has 0 aliphatic carbocycles. The molecule has 0 heterocycles. The minimum absolute atomic E-state index is 0.0792. The van der Waals surface area contributed by atoms with Crippen molar-refractivity contribution in [3.8, 4) is 0 Å². The van der Waals surface area contributed by atoms with Crippen molar-refractivity contribution < 1.29 is 31.6 Å². The molecule has 45 heavy (non-hydrogen) atoms. The van der Waals surface area contributed by atoms with Gasteiger partial charge in [-0.1, -0.05) is 69.5 Å². The van der Waals surface area contributed by atoms with Gasteiger partial charge in [0.15, 0.2) is 5.78 Å². The van der Waals surface area contributed by atoms with E-state index in [9.17, 15) is 13.2 Å². The third kappa shape index (κ3) is 10.5. The fraction of sp³-hybridized carbons (Fsp3) is 0.265. The zero-order chi connectivity index (χ0) is 32.2. The topological polar surface area (TPSA) is 100 Å². The molecule has 0 aliphatic heterocycles.